The molecule has 0 nitrogen and oxygen atoms in total. The maximum absolute atomic E-state index is 2.25. The molecule has 0 aliphatic heterocycles. The molecular weight excluding hydrogens is 200 g/mol. The molecule has 0 spiro atoms. The van der Waals surface area contributed by atoms with Crippen molar-refractivity contribution in [2.24, 2.45) is 0 Å². The van der Waals surface area contributed by atoms with E-state index < -0.39 is 0 Å². The van der Waals surface area contributed by atoms with Crippen LogP contribution in [-0.2, 0) is 0 Å². The molecule has 0 fully saturated rings. The molecule has 44 valence electrons. The zero-order valence-corrected chi connectivity index (χ0v) is 7.54. The second kappa shape index (κ2) is 6.79. The van der Waals surface area contributed by atoms with Crippen molar-refractivity contribution in [1.29, 1.82) is 0 Å². The first-order valence-electron chi connectivity index (χ1n) is 3.02. The summed E-state index contributed by atoms with van der Waals surface area (Å²) in [5.74, 6) is 0. The van der Waals surface area contributed by atoms with Gasteiger partial charge in [-0.3, -0.25) is 0 Å². The summed E-state index contributed by atoms with van der Waals surface area (Å²) < 4.78 is 1.41. The zero-order valence-electron chi connectivity index (χ0n) is 4.98. The first kappa shape index (κ1) is 7.79. The van der Waals surface area contributed by atoms with Crippen molar-refractivity contribution in [1.82, 2.24) is 0 Å². The Morgan fingerprint density at radius 2 is 1.86 bits per heavy atom. The molecule has 0 atom stereocenters. The van der Waals surface area contributed by atoms with Crippen LogP contribution < -0.4 is 0 Å². The molecule has 7 heavy (non-hydrogen) atoms. The van der Waals surface area contributed by atoms with Gasteiger partial charge >= 0.3 is 59.4 Å². The predicted molar refractivity (Wildman–Crippen MR) is 36.1 cm³/mol. The fourth-order valence-corrected chi connectivity index (χ4v) is 1.18. The molecule has 0 unspecified atom stereocenters. The minimum absolute atomic E-state index is 1.37. The summed E-state index contributed by atoms with van der Waals surface area (Å²) in [5.41, 5.74) is 0. The van der Waals surface area contributed by atoms with Gasteiger partial charge in [0.25, 0.3) is 0 Å². The number of unbranched alkanes of at least 4 members (excludes halogenated alkanes) is 3. The minimum atomic E-state index is 1.37. The van der Waals surface area contributed by atoms with Crippen LogP contribution in [0.2, 0.25) is 4.47 Å². The number of hydrogen-bond acceptors (Lipinski definition) is 0. The van der Waals surface area contributed by atoms with Crippen LogP contribution in [0.5, 0.6) is 0 Å². The Balaban J connectivity index is 2.45. The van der Waals surface area contributed by atoms with Crippen LogP contribution in [-0.4, -0.2) is 22.3 Å². The summed E-state index contributed by atoms with van der Waals surface area (Å²) in [6, 6.07) is 0. The first-order valence-corrected chi connectivity index (χ1v) is 4.83. The van der Waals surface area contributed by atoms with E-state index in [0.717, 1.165) is 0 Å². The van der Waals surface area contributed by atoms with Crippen molar-refractivity contribution in [2.45, 2.75) is 37.1 Å². The fraction of sp³-hybridized carbons (Fsp3) is 1.00. The molecule has 0 radical (unpaired) electrons. The summed E-state index contributed by atoms with van der Waals surface area (Å²) in [6.45, 7) is 2.25. The van der Waals surface area contributed by atoms with Gasteiger partial charge in [-0.2, -0.15) is 0 Å². The van der Waals surface area contributed by atoms with Gasteiger partial charge in [0.05, 0.1) is 0 Å². The standard InChI is InChI=1S/C6H14Te/c1-2-3-4-5-6-7/h7H,2-6H2,1H3. The third-order valence-corrected chi connectivity index (χ3v) is 1.91. The molecule has 0 aliphatic carbocycles. The van der Waals surface area contributed by atoms with E-state index in [9.17, 15) is 0 Å². The van der Waals surface area contributed by atoms with E-state index in [-0.39, 0.29) is 0 Å². The Kier molecular flexibility index (Phi) is 7.56. The van der Waals surface area contributed by atoms with Crippen LogP contribution in [0.1, 0.15) is 32.6 Å². The molecule has 0 N–H and O–H groups in total. The molecule has 0 amide bonds. The average molecular weight is 214 g/mol. The van der Waals surface area contributed by atoms with Crippen molar-refractivity contribution in [3.05, 3.63) is 0 Å². The van der Waals surface area contributed by atoms with Gasteiger partial charge in [0.2, 0.25) is 0 Å². The molecule has 0 saturated heterocycles. The Labute approximate surface area is 59.6 Å². The molecule has 1 heteroatoms. The third kappa shape index (κ3) is 6.79. The quantitative estimate of drug-likeness (QED) is 0.494. The second-order valence-electron chi connectivity index (χ2n) is 1.78. The summed E-state index contributed by atoms with van der Waals surface area (Å²) >= 11 is 1.94. The van der Waals surface area contributed by atoms with E-state index in [1.54, 1.807) is 0 Å². The van der Waals surface area contributed by atoms with Gasteiger partial charge in [0.15, 0.2) is 0 Å². The molecule has 0 aliphatic rings. The summed E-state index contributed by atoms with van der Waals surface area (Å²) in [6.07, 6.45) is 5.70. The predicted octanol–water partition coefficient (Wildman–Crippen LogP) is 1.89. The van der Waals surface area contributed by atoms with Gasteiger partial charge in [0.1, 0.15) is 0 Å². The number of rotatable bonds is 4. The van der Waals surface area contributed by atoms with Crippen molar-refractivity contribution < 1.29 is 0 Å². The molecule has 0 bridgehead atoms. The first-order chi connectivity index (χ1) is 3.41. The van der Waals surface area contributed by atoms with Gasteiger partial charge in [-0.1, -0.05) is 0 Å². The van der Waals surface area contributed by atoms with Crippen LogP contribution in [0.4, 0.5) is 0 Å². The van der Waals surface area contributed by atoms with E-state index in [4.69, 9.17) is 0 Å². The average Bonchev–Trinajstić information content (AvgIpc) is 1.69. The molecule has 0 aromatic carbocycles. The molecule has 0 aromatic rings. The van der Waals surface area contributed by atoms with Crippen LogP contribution in [0.3, 0.4) is 0 Å². The van der Waals surface area contributed by atoms with Gasteiger partial charge in [0, 0.05) is 0 Å². The molecule has 0 aromatic heterocycles. The van der Waals surface area contributed by atoms with Crippen LogP contribution in [0.25, 0.3) is 0 Å². The van der Waals surface area contributed by atoms with Crippen molar-refractivity contribution >= 4 is 22.3 Å². The van der Waals surface area contributed by atoms with E-state index in [1.807, 2.05) is 22.3 Å². The van der Waals surface area contributed by atoms with Crippen LogP contribution >= 0.6 is 0 Å². The Morgan fingerprint density at radius 3 is 2.29 bits per heavy atom. The fourth-order valence-electron chi connectivity index (χ4n) is 0.539. The van der Waals surface area contributed by atoms with Crippen LogP contribution in [0, 0.1) is 0 Å². The van der Waals surface area contributed by atoms with Gasteiger partial charge < -0.3 is 0 Å². The van der Waals surface area contributed by atoms with Crippen molar-refractivity contribution in [2.75, 3.05) is 0 Å². The summed E-state index contributed by atoms with van der Waals surface area (Å²) in [5, 5.41) is 0. The summed E-state index contributed by atoms with van der Waals surface area (Å²) in [7, 11) is 0. The van der Waals surface area contributed by atoms with Gasteiger partial charge in [-0.15, -0.1) is 0 Å². The van der Waals surface area contributed by atoms with Gasteiger partial charge in [-0.25, -0.2) is 0 Å². The monoisotopic (exact) mass is 216 g/mol. The Morgan fingerprint density at radius 1 is 1.14 bits per heavy atom. The van der Waals surface area contributed by atoms with E-state index in [2.05, 4.69) is 6.92 Å². The van der Waals surface area contributed by atoms with E-state index in [1.165, 1.54) is 30.2 Å². The Hall–Kier alpha value is 0.790. The Bertz CT molecular complexity index is 23.4. The SMILES string of the molecule is CCCCCC[TeH]. The normalized spacial score (nSPS) is 9.43. The topological polar surface area (TPSA) is 0 Å². The number of hydrogen-bond donors (Lipinski definition) is 0. The van der Waals surface area contributed by atoms with E-state index >= 15 is 0 Å². The molecular formula is C6H14Te. The second-order valence-corrected chi connectivity index (χ2v) is 3.06. The maximum atomic E-state index is 2.25. The molecule has 0 saturated carbocycles. The van der Waals surface area contributed by atoms with E-state index in [0.29, 0.717) is 0 Å². The zero-order chi connectivity index (χ0) is 5.54. The molecule has 0 heterocycles. The van der Waals surface area contributed by atoms with Crippen molar-refractivity contribution in [3.63, 3.8) is 0 Å². The molecule has 0 rings (SSSR count). The van der Waals surface area contributed by atoms with Crippen LogP contribution in [0.15, 0.2) is 0 Å². The van der Waals surface area contributed by atoms with Gasteiger partial charge in [-0.05, 0) is 0 Å². The van der Waals surface area contributed by atoms with Crippen molar-refractivity contribution in [3.8, 4) is 0 Å². The summed E-state index contributed by atoms with van der Waals surface area (Å²) in [4.78, 5) is 0. The third-order valence-electron chi connectivity index (χ3n) is 1.01.